The van der Waals surface area contributed by atoms with Crippen LogP contribution < -0.4 is 4.74 Å². The molecule has 4 heterocycles. The zero-order valence-electron chi connectivity index (χ0n) is 24.9. The molecule has 3 atom stereocenters. The topological polar surface area (TPSA) is 136 Å². The van der Waals surface area contributed by atoms with Gasteiger partial charge in [-0.25, -0.2) is 14.6 Å². The number of rotatable bonds is 6. The summed E-state index contributed by atoms with van der Waals surface area (Å²) in [5.74, 6) is 0.524. The normalized spacial score (nSPS) is 21.2. The number of carbonyl (C=O) groups is 3. The van der Waals surface area contributed by atoms with Crippen molar-refractivity contribution in [2.45, 2.75) is 83.7 Å². The lowest BCUT2D eigenvalue weighted by atomic mass is 9.90. The lowest BCUT2D eigenvalue weighted by Gasteiger charge is -2.36. The predicted molar refractivity (Wildman–Crippen MR) is 157 cm³/mol. The van der Waals surface area contributed by atoms with Crippen molar-refractivity contribution in [3.8, 4) is 23.1 Å². The first-order valence-corrected chi connectivity index (χ1v) is 15.0. The lowest BCUT2D eigenvalue weighted by Crippen LogP contribution is -2.54. The predicted octanol–water partition coefficient (Wildman–Crippen LogP) is 4.69. The number of hydrogen-bond acceptors (Lipinski definition) is 7. The third-order valence-electron chi connectivity index (χ3n) is 8.73. The van der Waals surface area contributed by atoms with Crippen molar-refractivity contribution in [3.05, 3.63) is 47.7 Å². The Bertz CT molecular complexity index is 1380. The van der Waals surface area contributed by atoms with E-state index in [-0.39, 0.29) is 37.2 Å². The van der Waals surface area contributed by atoms with Crippen LogP contribution in [-0.2, 0) is 22.5 Å². The number of piperidine rings is 1. The maximum absolute atomic E-state index is 13.3. The van der Waals surface area contributed by atoms with Crippen LogP contribution >= 0.6 is 0 Å². The summed E-state index contributed by atoms with van der Waals surface area (Å²) < 4.78 is 11.5. The van der Waals surface area contributed by atoms with Gasteiger partial charge in [0.05, 0.1) is 18.7 Å². The summed E-state index contributed by atoms with van der Waals surface area (Å²) >= 11 is 0. The molecule has 228 valence electrons. The molecule has 0 saturated carbocycles. The van der Waals surface area contributed by atoms with Gasteiger partial charge in [0, 0.05) is 43.9 Å². The van der Waals surface area contributed by atoms with Crippen LogP contribution in [0.5, 0.6) is 5.88 Å². The minimum absolute atomic E-state index is 0.0629. The molecule has 2 saturated heterocycles. The number of benzene rings is 1. The number of amides is 3. The minimum atomic E-state index is -1.15. The third kappa shape index (κ3) is 6.69. The first kappa shape index (κ1) is 30.1. The molecular formula is C32H39N5O6. The second-order valence-corrected chi connectivity index (χ2v) is 11.9. The van der Waals surface area contributed by atoms with Gasteiger partial charge in [0.1, 0.15) is 18.2 Å². The number of carboxylic acid groups (broad SMARTS) is 1. The van der Waals surface area contributed by atoms with Crippen molar-refractivity contribution >= 4 is 18.1 Å². The van der Waals surface area contributed by atoms with E-state index in [9.17, 15) is 24.8 Å². The smallest absolute Gasteiger partial charge is 0.410 e. The Morgan fingerprint density at radius 1 is 1.00 bits per heavy atom. The Labute approximate surface area is 252 Å². The van der Waals surface area contributed by atoms with Crippen LogP contribution in [0.25, 0.3) is 11.1 Å². The third-order valence-corrected chi connectivity index (χ3v) is 8.73. The summed E-state index contributed by atoms with van der Waals surface area (Å²) in [4.78, 5) is 46.6. The first-order valence-electron chi connectivity index (χ1n) is 15.0. The number of nitriles is 1. The maximum atomic E-state index is 13.3. The average Bonchev–Trinajstić information content (AvgIpc) is 3.49. The van der Waals surface area contributed by atoms with Crippen LogP contribution in [0.15, 0.2) is 36.5 Å². The molecule has 1 N–H and O–H groups in total. The number of likely N-dealkylation sites (tertiary alicyclic amines) is 2. The number of fused-ring (bicyclic) bond motifs is 1. The highest BCUT2D eigenvalue weighted by atomic mass is 16.6. The molecule has 2 aromatic rings. The van der Waals surface area contributed by atoms with Crippen LogP contribution in [0.2, 0.25) is 0 Å². The Morgan fingerprint density at radius 3 is 2.40 bits per heavy atom. The van der Waals surface area contributed by atoms with Gasteiger partial charge in [0.2, 0.25) is 11.8 Å². The highest BCUT2D eigenvalue weighted by molar-refractivity contribution is 5.87. The molecule has 0 bridgehead atoms. The van der Waals surface area contributed by atoms with E-state index in [2.05, 4.69) is 11.1 Å². The summed E-state index contributed by atoms with van der Waals surface area (Å²) in [5.41, 5.74) is 3.54. The fourth-order valence-electron chi connectivity index (χ4n) is 6.28. The fraction of sp³-hybridized carbons (Fsp3) is 0.531. The van der Waals surface area contributed by atoms with E-state index in [4.69, 9.17) is 9.47 Å². The quantitative estimate of drug-likeness (QED) is 0.513. The van der Waals surface area contributed by atoms with Crippen LogP contribution in [0, 0.1) is 17.2 Å². The summed E-state index contributed by atoms with van der Waals surface area (Å²) in [6.45, 7) is 7.58. The molecule has 3 aliphatic heterocycles. The van der Waals surface area contributed by atoms with E-state index >= 15 is 0 Å². The van der Waals surface area contributed by atoms with E-state index in [1.807, 2.05) is 51.1 Å². The zero-order chi connectivity index (χ0) is 30.7. The average molecular weight is 590 g/mol. The molecule has 43 heavy (non-hydrogen) atoms. The van der Waals surface area contributed by atoms with Gasteiger partial charge in [-0.15, -0.1) is 0 Å². The lowest BCUT2D eigenvalue weighted by molar-refractivity contribution is -0.136. The maximum Gasteiger partial charge on any atom is 0.410 e. The molecule has 3 aliphatic rings. The van der Waals surface area contributed by atoms with Crippen LogP contribution in [0.1, 0.15) is 57.6 Å². The number of carbonyl (C=O) groups excluding carboxylic acids is 2. The minimum Gasteiger partial charge on any atom is -0.474 e. The van der Waals surface area contributed by atoms with Gasteiger partial charge in [-0.1, -0.05) is 12.1 Å². The van der Waals surface area contributed by atoms with E-state index in [0.717, 1.165) is 41.5 Å². The molecule has 5 rings (SSSR count). The van der Waals surface area contributed by atoms with E-state index in [1.54, 1.807) is 11.1 Å². The van der Waals surface area contributed by atoms with Gasteiger partial charge in [-0.2, -0.15) is 5.26 Å². The second kappa shape index (κ2) is 12.9. The summed E-state index contributed by atoms with van der Waals surface area (Å²) in [6, 6.07) is 10.5. The van der Waals surface area contributed by atoms with Crippen molar-refractivity contribution in [2.24, 2.45) is 5.92 Å². The van der Waals surface area contributed by atoms with Crippen LogP contribution in [-0.4, -0.2) is 86.8 Å². The standard InChI is InChI=1S/C32H39N5O6/c1-20(2)42-32(41)35-13-10-22(11-14-35)21(3)43-29-9-8-25(18-34-29)23-6-7-24-16-28(37(31(39)40)19-26(24)15-23)30(38)36-12-4-5-27(36)17-33/h6-9,15,18,20-22,27-28H,4-5,10-14,16,19H2,1-3H3,(H,39,40)/t21?,27-,28-/m0/s1. The number of hydrogen-bond donors (Lipinski definition) is 1. The van der Waals surface area contributed by atoms with Crippen molar-refractivity contribution < 1.29 is 29.0 Å². The summed E-state index contributed by atoms with van der Waals surface area (Å²) in [7, 11) is 0. The molecule has 1 aromatic heterocycles. The second-order valence-electron chi connectivity index (χ2n) is 11.9. The van der Waals surface area contributed by atoms with Crippen LogP contribution in [0.4, 0.5) is 9.59 Å². The molecule has 1 unspecified atom stereocenters. The number of aromatic nitrogens is 1. The van der Waals surface area contributed by atoms with E-state index in [0.29, 0.717) is 37.9 Å². The number of nitrogens with zero attached hydrogens (tertiary/aromatic N) is 5. The van der Waals surface area contributed by atoms with Gasteiger partial charge >= 0.3 is 12.2 Å². The molecule has 1 aromatic carbocycles. The number of pyridine rings is 1. The molecule has 0 spiro atoms. The molecule has 3 amide bonds. The Kier molecular flexibility index (Phi) is 9.04. The summed E-state index contributed by atoms with van der Waals surface area (Å²) in [6.07, 6.45) is 3.43. The summed E-state index contributed by atoms with van der Waals surface area (Å²) in [5, 5.41) is 19.4. The van der Waals surface area contributed by atoms with Crippen molar-refractivity contribution in [1.29, 1.82) is 5.26 Å². The number of ether oxygens (including phenoxy) is 2. The molecule has 0 radical (unpaired) electrons. The van der Waals surface area contributed by atoms with Crippen molar-refractivity contribution in [2.75, 3.05) is 19.6 Å². The Hall–Kier alpha value is -4.33. The van der Waals surface area contributed by atoms with E-state index in [1.165, 1.54) is 9.80 Å². The van der Waals surface area contributed by atoms with Gasteiger partial charge < -0.3 is 24.4 Å². The SMILES string of the molecule is CC(C)OC(=O)N1CCC(C(C)Oc2ccc(-c3ccc4c(c3)CN(C(=O)O)[C@H](C(=O)N3CCC[C@H]3C#N)C4)cn2)CC1. The van der Waals surface area contributed by atoms with Gasteiger partial charge in [0.25, 0.3) is 0 Å². The van der Waals surface area contributed by atoms with Gasteiger partial charge in [-0.3, -0.25) is 9.69 Å². The Balaban J connectivity index is 1.21. The largest absolute Gasteiger partial charge is 0.474 e. The van der Waals surface area contributed by atoms with Crippen LogP contribution in [0.3, 0.4) is 0 Å². The van der Waals surface area contributed by atoms with Gasteiger partial charge in [0.15, 0.2) is 0 Å². The Morgan fingerprint density at radius 2 is 1.74 bits per heavy atom. The van der Waals surface area contributed by atoms with Crippen molar-refractivity contribution in [1.82, 2.24) is 19.7 Å². The first-order chi connectivity index (χ1) is 20.6. The molecule has 11 heteroatoms. The molecule has 2 fully saturated rings. The van der Waals surface area contributed by atoms with Crippen molar-refractivity contribution in [3.63, 3.8) is 0 Å². The van der Waals surface area contributed by atoms with E-state index < -0.39 is 18.2 Å². The zero-order valence-corrected chi connectivity index (χ0v) is 24.9. The molecule has 11 nitrogen and oxygen atoms in total. The molecular weight excluding hydrogens is 550 g/mol. The van der Waals surface area contributed by atoms with Gasteiger partial charge in [-0.05, 0) is 81.2 Å². The molecule has 0 aliphatic carbocycles. The fourth-order valence-corrected chi connectivity index (χ4v) is 6.28. The highest BCUT2D eigenvalue weighted by Gasteiger charge is 2.40. The monoisotopic (exact) mass is 589 g/mol. The highest BCUT2D eigenvalue weighted by Crippen LogP contribution is 2.31.